The Morgan fingerprint density at radius 1 is 0.906 bits per heavy atom. The van der Waals surface area contributed by atoms with Gasteiger partial charge in [-0.3, -0.25) is 4.79 Å². The summed E-state index contributed by atoms with van der Waals surface area (Å²) in [7, 11) is -2.56. The Morgan fingerprint density at radius 2 is 1.56 bits per heavy atom. The molecule has 0 fully saturated rings. The number of hydrogen-bond donors (Lipinski definition) is 0. The summed E-state index contributed by atoms with van der Waals surface area (Å²) >= 11 is 0. The molecule has 6 nitrogen and oxygen atoms in total. The number of methoxy groups -OCH3 is 1. The van der Waals surface area contributed by atoms with Gasteiger partial charge in [0.15, 0.2) is 0 Å². The Hall–Kier alpha value is -3.32. The number of nitrogens with zero attached hydrogens (tertiary/aromatic N) is 1. The molecule has 0 radical (unpaired) electrons. The monoisotopic (exact) mass is 453 g/mol. The average molecular weight is 454 g/mol. The second kappa shape index (κ2) is 10.3. The van der Waals surface area contributed by atoms with E-state index in [1.807, 2.05) is 38.1 Å². The van der Waals surface area contributed by atoms with Crippen molar-refractivity contribution in [3.8, 4) is 11.5 Å². The lowest BCUT2D eigenvalue weighted by molar-refractivity contribution is -0.117. The normalized spacial score (nSPS) is 11.1. The van der Waals surface area contributed by atoms with Crippen LogP contribution in [0.25, 0.3) is 0 Å². The molecule has 0 bridgehead atoms. The minimum atomic E-state index is -4.08. The van der Waals surface area contributed by atoms with E-state index in [0.717, 1.165) is 21.2 Å². The Kier molecular flexibility index (Phi) is 7.53. The number of ether oxygens (including phenoxy) is 2. The first-order chi connectivity index (χ1) is 15.3. The minimum absolute atomic E-state index is 0.0169. The van der Waals surface area contributed by atoms with Crippen molar-refractivity contribution in [2.24, 2.45) is 0 Å². The molecule has 3 aromatic carbocycles. The zero-order valence-corrected chi connectivity index (χ0v) is 19.3. The van der Waals surface area contributed by atoms with Crippen LogP contribution in [0.2, 0.25) is 0 Å². The molecule has 0 saturated carbocycles. The molecular weight excluding hydrogens is 426 g/mol. The van der Waals surface area contributed by atoms with E-state index in [2.05, 4.69) is 0 Å². The van der Waals surface area contributed by atoms with Gasteiger partial charge in [-0.15, -0.1) is 0 Å². The molecule has 168 valence electrons. The van der Waals surface area contributed by atoms with E-state index in [-0.39, 0.29) is 17.0 Å². The van der Waals surface area contributed by atoms with Gasteiger partial charge in [0.25, 0.3) is 10.0 Å². The predicted octanol–water partition coefficient (Wildman–Crippen LogP) is 4.89. The summed E-state index contributed by atoms with van der Waals surface area (Å²) < 4.78 is 38.5. The van der Waals surface area contributed by atoms with E-state index >= 15 is 0 Å². The summed E-state index contributed by atoms with van der Waals surface area (Å²) in [4.78, 5) is 13.2. The van der Waals surface area contributed by atoms with Gasteiger partial charge in [-0.2, -0.15) is 0 Å². The largest absolute Gasteiger partial charge is 0.497 e. The number of hydrogen-bond acceptors (Lipinski definition) is 5. The molecule has 0 N–H and O–H groups in total. The van der Waals surface area contributed by atoms with E-state index in [0.29, 0.717) is 18.8 Å². The molecule has 0 aliphatic heterocycles. The second-order valence-corrected chi connectivity index (χ2v) is 9.18. The highest BCUT2D eigenvalue weighted by Gasteiger charge is 2.30. The third-order valence-corrected chi connectivity index (χ3v) is 6.74. The van der Waals surface area contributed by atoms with E-state index in [1.54, 1.807) is 36.4 Å². The Bertz CT molecular complexity index is 1160. The lowest BCUT2D eigenvalue weighted by atomic mass is 10.2. The smallest absolute Gasteiger partial charge is 0.270 e. The molecule has 0 heterocycles. The number of rotatable bonds is 9. The number of aryl methyl sites for hydroxylation is 2. The third-order valence-electron chi connectivity index (χ3n) is 4.98. The van der Waals surface area contributed by atoms with Crippen LogP contribution in [-0.4, -0.2) is 28.0 Å². The molecule has 3 aromatic rings. The van der Waals surface area contributed by atoms with Crippen molar-refractivity contribution in [3.63, 3.8) is 0 Å². The maximum absolute atomic E-state index is 13.4. The number of anilines is 1. The van der Waals surface area contributed by atoms with Crippen LogP contribution in [0.1, 0.15) is 24.0 Å². The standard InChI is InChI=1S/C25H27NO5S/c1-19-10-16-23(17-11-19)32(28,29)26(21-12-14-22(30-3)15-13-21)25(27)9-6-18-31-24-8-5-4-7-20(24)2/h4-5,7-8,10-17H,6,9,18H2,1-3H3. The highest BCUT2D eigenvalue weighted by Crippen LogP contribution is 2.27. The van der Waals surface area contributed by atoms with Crippen LogP contribution in [0.5, 0.6) is 11.5 Å². The summed E-state index contributed by atoms with van der Waals surface area (Å²) in [5.41, 5.74) is 2.19. The number of benzene rings is 3. The molecule has 0 atom stereocenters. The molecular formula is C25H27NO5S. The molecule has 3 rings (SSSR count). The average Bonchev–Trinajstić information content (AvgIpc) is 2.78. The molecule has 1 amide bonds. The molecule has 0 spiro atoms. The first kappa shape index (κ1) is 23.3. The number of amides is 1. The number of carbonyl (C=O) groups excluding carboxylic acids is 1. The second-order valence-electron chi connectivity index (χ2n) is 7.39. The van der Waals surface area contributed by atoms with Gasteiger partial charge in [0.05, 0.1) is 24.3 Å². The summed E-state index contributed by atoms with van der Waals surface area (Å²) in [5, 5.41) is 0. The molecule has 0 aliphatic carbocycles. The number of carbonyl (C=O) groups is 1. The molecule has 0 unspecified atom stereocenters. The highest BCUT2D eigenvalue weighted by atomic mass is 32.2. The zero-order valence-electron chi connectivity index (χ0n) is 18.4. The molecule has 32 heavy (non-hydrogen) atoms. The molecule has 0 saturated heterocycles. The summed E-state index contributed by atoms with van der Waals surface area (Å²) in [6.45, 7) is 4.12. The number of para-hydroxylation sites is 1. The molecule has 0 aromatic heterocycles. The zero-order chi connectivity index (χ0) is 23.1. The first-order valence-corrected chi connectivity index (χ1v) is 11.7. The van der Waals surface area contributed by atoms with E-state index < -0.39 is 15.9 Å². The van der Waals surface area contributed by atoms with Crippen molar-refractivity contribution in [2.45, 2.75) is 31.6 Å². The quantitative estimate of drug-likeness (QED) is 0.431. The Balaban J connectivity index is 1.80. The third kappa shape index (κ3) is 5.48. The molecule has 0 aliphatic rings. The maximum atomic E-state index is 13.4. The SMILES string of the molecule is COc1ccc(N(C(=O)CCCOc2ccccc2C)S(=O)(=O)c2ccc(C)cc2)cc1. The van der Waals surface area contributed by atoms with E-state index in [4.69, 9.17) is 9.47 Å². The minimum Gasteiger partial charge on any atom is -0.497 e. The van der Waals surface area contributed by atoms with E-state index in [1.165, 1.54) is 19.2 Å². The summed E-state index contributed by atoms with van der Waals surface area (Å²) in [5.74, 6) is 0.795. The van der Waals surface area contributed by atoms with Crippen LogP contribution in [-0.2, 0) is 14.8 Å². The van der Waals surface area contributed by atoms with Gasteiger partial charge in [0, 0.05) is 6.42 Å². The van der Waals surface area contributed by atoms with Gasteiger partial charge in [-0.25, -0.2) is 12.7 Å². The lowest BCUT2D eigenvalue weighted by Gasteiger charge is -2.23. The Morgan fingerprint density at radius 3 is 2.19 bits per heavy atom. The van der Waals surface area contributed by atoms with Gasteiger partial charge < -0.3 is 9.47 Å². The fourth-order valence-electron chi connectivity index (χ4n) is 3.18. The summed E-state index contributed by atoms with van der Waals surface area (Å²) in [6, 6.07) is 20.4. The maximum Gasteiger partial charge on any atom is 0.270 e. The predicted molar refractivity (Wildman–Crippen MR) is 125 cm³/mol. The summed E-state index contributed by atoms with van der Waals surface area (Å²) in [6.07, 6.45) is 0.395. The highest BCUT2D eigenvalue weighted by molar-refractivity contribution is 7.93. The van der Waals surface area contributed by atoms with Gasteiger partial charge in [0.1, 0.15) is 11.5 Å². The van der Waals surface area contributed by atoms with E-state index in [9.17, 15) is 13.2 Å². The van der Waals surface area contributed by atoms with Crippen molar-refractivity contribution < 1.29 is 22.7 Å². The van der Waals surface area contributed by atoms with Crippen LogP contribution >= 0.6 is 0 Å². The van der Waals surface area contributed by atoms with Gasteiger partial charge in [-0.1, -0.05) is 35.9 Å². The topological polar surface area (TPSA) is 72.9 Å². The van der Waals surface area contributed by atoms with Crippen LogP contribution in [0, 0.1) is 13.8 Å². The van der Waals surface area contributed by atoms with Crippen molar-refractivity contribution in [3.05, 3.63) is 83.9 Å². The van der Waals surface area contributed by atoms with Crippen molar-refractivity contribution in [2.75, 3.05) is 18.0 Å². The number of sulfonamides is 1. The van der Waals surface area contributed by atoms with Crippen LogP contribution < -0.4 is 13.8 Å². The Labute approximate surface area is 189 Å². The lowest BCUT2D eigenvalue weighted by Crippen LogP contribution is -2.37. The van der Waals surface area contributed by atoms with Gasteiger partial charge >= 0.3 is 0 Å². The fourth-order valence-corrected chi connectivity index (χ4v) is 4.62. The first-order valence-electron chi connectivity index (χ1n) is 10.3. The van der Waals surface area contributed by atoms with Crippen molar-refractivity contribution in [1.82, 2.24) is 0 Å². The van der Waals surface area contributed by atoms with Crippen molar-refractivity contribution >= 4 is 21.6 Å². The fraction of sp³-hybridized carbons (Fsp3) is 0.240. The molecule has 7 heteroatoms. The van der Waals surface area contributed by atoms with Crippen LogP contribution in [0.3, 0.4) is 0 Å². The van der Waals surface area contributed by atoms with Gasteiger partial charge in [-0.05, 0) is 68.3 Å². The van der Waals surface area contributed by atoms with Crippen LogP contribution in [0.4, 0.5) is 5.69 Å². The van der Waals surface area contributed by atoms with Crippen LogP contribution in [0.15, 0.2) is 77.7 Å². The van der Waals surface area contributed by atoms with Crippen molar-refractivity contribution in [1.29, 1.82) is 0 Å². The van der Waals surface area contributed by atoms with Gasteiger partial charge in [0.2, 0.25) is 5.91 Å².